The molecular formula is C24H31N3O4. The molecular weight excluding hydrogens is 394 g/mol. The lowest BCUT2D eigenvalue weighted by atomic mass is 10.0. The number of nitrogens with zero attached hydrogens (tertiary/aromatic N) is 2. The zero-order chi connectivity index (χ0) is 22.2. The average Bonchev–Trinajstić information content (AvgIpc) is 3.44. The molecule has 0 spiro atoms. The Morgan fingerprint density at radius 1 is 1.13 bits per heavy atom. The summed E-state index contributed by atoms with van der Waals surface area (Å²) >= 11 is 0. The van der Waals surface area contributed by atoms with Gasteiger partial charge in [0, 0.05) is 12.6 Å². The van der Waals surface area contributed by atoms with Crippen LogP contribution in [0.3, 0.4) is 0 Å². The van der Waals surface area contributed by atoms with Crippen LogP contribution in [0.25, 0.3) is 0 Å². The van der Waals surface area contributed by atoms with Crippen molar-refractivity contribution in [2.45, 2.75) is 53.4 Å². The van der Waals surface area contributed by atoms with Crippen molar-refractivity contribution >= 4 is 5.91 Å². The van der Waals surface area contributed by atoms with Gasteiger partial charge in [0.05, 0.1) is 26.0 Å². The zero-order valence-electron chi connectivity index (χ0n) is 18.6. The normalized spacial score (nSPS) is 12.3. The number of oxazole rings is 1. The van der Waals surface area contributed by atoms with E-state index in [1.807, 2.05) is 19.1 Å². The van der Waals surface area contributed by atoms with Crippen molar-refractivity contribution in [3.05, 3.63) is 71.8 Å². The number of rotatable bonds is 11. The standard InChI is InChI=1S/C24H31N3O4/c1-5-29-20-10-8-19(9-11-20)14-27(18(4)17(2)3)15-23-26-22(16-31-23)24(28)25-13-21-7-6-12-30-21/h6-12,16-18H,5,13-15H2,1-4H3,(H,25,28)/t18-/m1/s1. The first-order valence-electron chi connectivity index (χ1n) is 10.7. The van der Waals surface area contributed by atoms with Crippen LogP contribution in [-0.2, 0) is 19.6 Å². The number of benzene rings is 1. The lowest BCUT2D eigenvalue weighted by Gasteiger charge is -2.30. The molecule has 0 saturated carbocycles. The Kier molecular flexibility index (Phi) is 7.89. The molecule has 31 heavy (non-hydrogen) atoms. The highest BCUT2D eigenvalue weighted by atomic mass is 16.5. The number of hydrogen-bond acceptors (Lipinski definition) is 6. The summed E-state index contributed by atoms with van der Waals surface area (Å²) in [5.74, 6) is 2.23. The molecule has 1 amide bonds. The van der Waals surface area contributed by atoms with Crippen molar-refractivity contribution in [1.82, 2.24) is 15.2 Å². The van der Waals surface area contributed by atoms with Crippen LogP contribution in [0.15, 0.2) is 57.8 Å². The van der Waals surface area contributed by atoms with Gasteiger partial charge in [0.25, 0.3) is 5.91 Å². The third kappa shape index (κ3) is 6.46. The molecule has 0 radical (unpaired) electrons. The number of carbonyl (C=O) groups excluding carboxylic acids is 1. The molecule has 1 aromatic carbocycles. The summed E-state index contributed by atoms with van der Waals surface area (Å²) < 4.78 is 16.4. The maximum atomic E-state index is 12.4. The summed E-state index contributed by atoms with van der Waals surface area (Å²) in [5, 5.41) is 2.78. The van der Waals surface area contributed by atoms with Gasteiger partial charge in [-0.2, -0.15) is 0 Å². The second-order valence-corrected chi connectivity index (χ2v) is 7.86. The third-order valence-corrected chi connectivity index (χ3v) is 5.29. The van der Waals surface area contributed by atoms with Crippen LogP contribution in [0.5, 0.6) is 5.75 Å². The Morgan fingerprint density at radius 3 is 2.55 bits per heavy atom. The third-order valence-electron chi connectivity index (χ3n) is 5.29. The first-order valence-corrected chi connectivity index (χ1v) is 10.7. The van der Waals surface area contributed by atoms with E-state index in [1.165, 1.54) is 11.8 Å². The Morgan fingerprint density at radius 2 is 1.90 bits per heavy atom. The lowest BCUT2D eigenvalue weighted by molar-refractivity contribution is 0.0942. The maximum absolute atomic E-state index is 12.4. The fourth-order valence-electron chi connectivity index (χ4n) is 3.19. The molecule has 0 saturated heterocycles. The van der Waals surface area contributed by atoms with Gasteiger partial charge in [0.2, 0.25) is 5.89 Å². The van der Waals surface area contributed by atoms with E-state index in [0.717, 1.165) is 12.3 Å². The highest BCUT2D eigenvalue weighted by Gasteiger charge is 2.21. The summed E-state index contributed by atoms with van der Waals surface area (Å²) in [6.07, 6.45) is 2.98. The first-order chi connectivity index (χ1) is 15.0. The van der Waals surface area contributed by atoms with Crippen LogP contribution < -0.4 is 10.1 Å². The van der Waals surface area contributed by atoms with Crippen LogP contribution in [0.2, 0.25) is 0 Å². The van der Waals surface area contributed by atoms with Crippen LogP contribution in [-0.4, -0.2) is 28.4 Å². The highest BCUT2D eigenvalue weighted by Crippen LogP contribution is 2.20. The average molecular weight is 426 g/mol. The van der Waals surface area contributed by atoms with E-state index in [-0.39, 0.29) is 11.6 Å². The smallest absolute Gasteiger partial charge is 0.273 e. The van der Waals surface area contributed by atoms with Crippen molar-refractivity contribution in [1.29, 1.82) is 0 Å². The number of ether oxygens (including phenoxy) is 1. The summed E-state index contributed by atoms with van der Waals surface area (Å²) in [4.78, 5) is 19.1. The molecule has 2 aromatic heterocycles. The Labute approximate surface area is 183 Å². The quantitative estimate of drug-likeness (QED) is 0.482. The predicted octanol–water partition coefficient (Wildman–Crippen LogP) is 4.64. The number of furan rings is 1. The van der Waals surface area contributed by atoms with Gasteiger partial charge in [0.1, 0.15) is 17.8 Å². The molecule has 166 valence electrons. The van der Waals surface area contributed by atoms with E-state index in [0.29, 0.717) is 43.3 Å². The number of hydrogen-bond donors (Lipinski definition) is 1. The maximum Gasteiger partial charge on any atom is 0.273 e. The van der Waals surface area contributed by atoms with E-state index < -0.39 is 0 Å². The molecule has 2 heterocycles. The summed E-state index contributed by atoms with van der Waals surface area (Å²) in [7, 11) is 0. The van der Waals surface area contributed by atoms with Crippen LogP contribution in [0, 0.1) is 5.92 Å². The Bertz CT molecular complexity index is 932. The molecule has 0 aliphatic carbocycles. The number of amides is 1. The fraction of sp³-hybridized carbons (Fsp3) is 0.417. The second kappa shape index (κ2) is 10.8. The first kappa shape index (κ1) is 22.6. The minimum Gasteiger partial charge on any atom is -0.494 e. The van der Waals surface area contributed by atoms with Gasteiger partial charge in [-0.3, -0.25) is 9.69 Å². The van der Waals surface area contributed by atoms with Gasteiger partial charge in [-0.05, 0) is 49.6 Å². The number of carbonyl (C=O) groups is 1. The lowest BCUT2D eigenvalue weighted by Crippen LogP contribution is -2.36. The van der Waals surface area contributed by atoms with E-state index in [4.69, 9.17) is 13.6 Å². The molecule has 0 fully saturated rings. The molecule has 7 nitrogen and oxygen atoms in total. The molecule has 1 N–H and O–H groups in total. The molecule has 7 heteroatoms. The molecule has 0 aliphatic rings. The van der Waals surface area contributed by atoms with Crippen molar-refractivity contribution < 1.29 is 18.4 Å². The Balaban J connectivity index is 1.64. The van der Waals surface area contributed by atoms with Crippen LogP contribution in [0.4, 0.5) is 0 Å². The summed E-state index contributed by atoms with van der Waals surface area (Å²) in [6.45, 7) is 10.8. The van der Waals surface area contributed by atoms with Gasteiger partial charge < -0.3 is 18.9 Å². The van der Waals surface area contributed by atoms with E-state index in [1.54, 1.807) is 18.4 Å². The van der Waals surface area contributed by atoms with Crippen molar-refractivity contribution in [3.8, 4) is 5.75 Å². The number of aromatic nitrogens is 1. The van der Waals surface area contributed by atoms with Gasteiger partial charge >= 0.3 is 0 Å². The molecule has 0 aliphatic heterocycles. The van der Waals surface area contributed by atoms with Gasteiger partial charge in [0.15, 0.2) is 5.69 Å². The minimum absolute atomic E-state index is 0.264. The van der Waals surface area contributed by atoms with Crippen LogP contribution >= 0.6 is 0 Å². The summed E-state index contributed by atoms with van der Waals surface area (Å²) in [5.41, 5.74) is 1.44. The summed E-state index contributed by atoms with van der Waals surface area (Å²) in [6, 6.07) is 12.0. The minimum atomic E-state index is -0.290. The molecule has 3 rings (SSSR count). The van der Waals surface area contributed by atoms with Crippen molar-refractivity contribution in [2.24, 2.45) is 5.92 Å². The van der Waals surface area contributed by atoms with E-state index in [2.05, 4.69) is 48.1 Å². The SMILES string of the molecule is CCOc1ccc(CN(Cc2nc(C(=O)NCc3ccco3)co2)[C@H](C)C(C)C)cc1. The Hall–Kier alpha value is -3.06. The largest absolute Gasteiger partial charge is 0.494 e. The van der Waals surface area contributed by atoms with Gasteiger partial charge in [-0.25, -0.2) is 4.98 Å². The van der Waals surface area contributed by atoms with E-state index >= 15 is 0 Å². The van der Waals surface area contributed by atoms with Crippen molar-refractivity contribution in [3.63, 3.8) is 0 Å². The highest BCUT2D eigenvalue weighted by molar-refractivity contribution is 5.91. The molecule has 0 unspecified atom stereocenters. The molecule has 3 aromatic rings. The monoisotopic (exact) mass is 425 g/mol. The molecule has 1 atom stereocenters. The predicted molar refractivity (Wildman–Crippen MR) is 118 cm³/mol. The fourth-order valence-corrected chi connectivity index (χ4v) is 3.19. The van der Waals surface area contributed by atoms with Gasteiger partial charge in [-0.1, -0.05) is 26.0 Å². The van der Waals surface area contributed by atoms with Crippen LogP contribution in [0.1, 0.15) is 55.4 Å². The topological polar surface area (TPSA) is 80.7 Å². The number of nitrogens with one attached hydrogen (secondary N) is 1. The zero-order valence-corrected chi connectivity index (χ0v) is 18.6. The second-order valence-electron chi connectivity index (χ2n) is 7.86. The van der Waals surface area contributed by atoms with E-state index in [9.17, 15) is 4.79 Å². The molecule has 0 bridgehead atoms. The van der Waals surface area contributed by atoms with Gasteiger partial charge in [-0.15, -0.1) is 0 Å². The van der Waals surface area contributed by atoms with Crippen molar-refractivity contribution in [2.75, 3.05) is 6.61 Å².